The van der Waals surface area contributed by atoms with Crippen LogP contribution in [0.1, 0.15) is 13.3 Å². The van der Waals surface area contributed by atoms with E-state index in [1.54, 1.807) is 6.33 Å². The molecule has 0 fully saturated rings. The third kappa shape index (κ3) is 4.67. The van der Waals surface area contributed by atoms with Gasteiger partial charge in [-0.25, -0.2) is 9.97 Å². The molecule has 4 nitrogen and oxygen atoms in total. The highest BCUT2D eigenvalue weighted by Crippen LogP contribution is 2.27. The molecule has 0 spiro atoms. The van der Waals surface area contributed by atoms with Crippen LogP contribution in [0.3, 0.4) is 0 Å². The molecule has 0 aliphatic rings. The van der Waals surface area contributed by atoms with Crippen LogP contribution in [0, 0.1) is 0 Å². The van der Waals surface area contributed by atoms with Gasteiger partial charge >= 0.3 is 0 Å². The highest BCUT2D eigenvalue weighted by atomic mass is 32.2. The Hall–Kier alpha value is -2.66. The first kappa shape index (κ1) is 17.2. The molecule has 1 amide bonds. The van der Waals surface area contributed by atoms with Crippen LogP contribution in [-0.2, 0) is 4.79 Å². The average molecular weight is 349 g/mol. The Balaban J connectivity index is 1.72. The maximum absolute atomic E-state index is 12.5. The molecule has 1 aromatic heterocycles. The topological polar surface area (TPSA) is 54.9 Å². The van der Waals surface area contributed by atoms with Crippen molar-refractivity contribution in [2.75, 3.05) is 5.32 Å². The molecule has 1 N–H and O–H groups in total. The Morgan fingerprint density at radius 2 is 1.72 bits per heavy atom. The summed E-state index contributed by atoms with van der Waals surface area (Å²) in [6.45, 7) is 2.00. The van der Waals surface area contributed by atoms with Gasteiger partial charge < -0.3 is 5.32 Å². The van der Waals surface area contributed by atoms with Crippen molar-refractivity contribution >= 4 is 23.4 Å². The van der Waals surface area contributed by atoms with Crippen LogP contribution in [0.4, 0.5) is 5.69 Å². The van der Waals surface area contributed by atoms with Crippen LogP contribution >= 0.6 is 11.8 Å². The molecule has 0 saturated carbocycles. The number of hydrogen-bond donors (Lipinski definition) is 1. The number of anilines is 1. The van der Waals surface area contributed by atoms with E-state index in [0.717, 1.165) is 22.0 Å². The molecule has 0 radical (unpaired) electrons. The fourth-order valence-electron chi connectivity index (χ4n) is 2.38. The molecular formula is C20H19N3OS. The summed E-state index contributed by atoms with van der Waals surface area (Å²) < 4.78 is 0. The average Bonchev–Trinajstić information content (AvgIpc) is 2.68. The van der Waals surface area contributed by atoms with E-state index in [2.05, 4.69) is 15.3 Å². The maximum atomic E-state index is 12.5. The van der Waals surface area contributed by atoms with Crippen molar-refractivity contribution < 1.29 is 4.79 Å². The van der Waals surface area contributed by atoms with E-state index in [-0.39, 0.29) is 11.2 Å². The van der Waals surface area contributed by atoms with E-state index < -0.39 is 0 Å². The first-order valence-electron chi connectivity index (χ1n) is 8.16. The number of rotatable bonds is 6. The zero-order chi connectivity index (χ0) is 17.5. The van der Waals surface area contributed by atoms with Gasteiger partial charge in [0, 0.05) is 11.3 Å². The predicted molar refractivity (Wildman–Crippen MR) is 102 cm³/mol. The van der Waals surface area contributed by atoms with Crippen LogP contribution in [0.25, 0.3) is 11.3 Å². The second kappa shape index (κ2) is 8.44. The fourth-order valence-corrected chi connectivity index (χ4v) is 3.29. The standard InChI is InChI=1S/C20H19N3OS/c1-2-18(20(24)23-16-11-7-4-8-12-16)25-19-13-17(21-14-22-19)15-9-5-3-6-10-15/h3-14,18H,2H2,1H3,(H,23,24)/t18-/m0/s1. The summed E-state index contributed by atoms with van der Waals surface area (Å²) in [6, 6.07) is 21.4. The van der Waals surface area contributed by atoms with Crippen molar-refractivity contribution in [3.8, 4) is 11.3 Å². The van der Waals surface area contributed by atoms with Crippen LogP contribution in [0.5, 0.6) is 0 Å². The van der Waals surface area contributed by atoms with Gasteiger partial charge in [-0.1, -0.05) is 67.2 Å². The molecule has 1 heterocycles. The van der Waals surface area contributed by atoms with Gasteiger partial charge in [0.2, 0.25) is 5.91 Å². The van der Waals surface area contributed by atoms with Crippen molar-refractivity contribution in [3.05, 3.63) is 73.1 Å². The van der Waals surface area contributed by atoms with Crippen molar-refractivity contribution in [2.24, 2.45) is 0 Å². The predicted octanol–water partition coefficient (Wildman–Crippen LogP) is 4.65. The van der Waals surface area contributed by atoms with Gasteiger partial charge in [-0.05, 0) is 24.6 Å². The Morgan fingerprint density at radius 3 is 2.40 bits per heavy atom. The first-order chi connectivity index (χ1) is 12.3. The molecule has 0 saturated heterocycles. The third-order valence-corrected chi connectivity index (χ3v) is 4.98. The summed E-state index contributed by atoms with van der Waals surface area (Å²) in [5, 5.41) is 3.54. The lowest BCUT2D eigenvalue weighted by atomic mass is 10.1. The summed E-state index contributed by atoms with van der Waals surface area (Å²) in [6.07, 6.45) is 2.26. The molecule has 2 aromatic carbocycles. The molecule has 1 atom stereocenters. The van der Waals surface area contributed by atoms with E-state index in [9.17, 15) is 4.79 Å². The van der Waals surface area contributed by atoms with Crippen molar-refractivity contribution in [2.45, 2.75) is 23.6 Å². The maximum Gasteiger partial charge on any atom is 0.237 e. The van der Waals surface area contributed by atoms with E-state index in [1.807, 2.05) is 73.7 Å². The number of benzene rings is 2. The molecule has 0 bridgehead atoms. The van der Waals surface area contributed by atoms with Crippen molar-refractivity contribution in [1.82, 2.24) is 9.97 Å². The molecule has 126 valence electrons. The largest absolute Gasteiger partial charge is 0.325 e. The lowest BCUT2D eigenvalue weighted by Gasteiger charge is -2.14. The normalized spacial score (nSPS) is 11.7. The van der Waals surface area contributed by atoms with Crippen LogP contribution < -0.4 is 5.32 Å². The van der Waals surface area contributed by atoms with Crippen LogP contribution in [0.15, 0.2) is 78.1 Å². The molecular weight excluding hydrogens is 330 g/mol. The molecule has 0 unspecified atom stereocenters. The van der Waals surface area contributed by atoms with Gasteiger partial charge in [-0.2, -0.15) is 0 Å². The zero-order valence-corrected chi connectivity index (χ0v) is 14.7. The number of hydrogen-bond acceptors (Lipinski definition) is 4. The van der Waals surface area contributed by atoms with Crippen LogP contribution in [0.2, 0.25) is 0 Å². The first-order valence-corrected chi connectivity index (χ1v) is 9.04. The molecule has 5 heteroatoms. The third-order valence-electron chi connectivity index (χ3n) is 3.68. The Kier molecular flexibility index (Phi) is 5.80. The molecule has 0 aliphatic heterocycles. The summed E-state index contributed by atoms with van der Waals surface area (Å²) in [7, 11) is 0. The molecule has 3 rings (SSSR count). The summed E-state index contributed by atoms with van der Waals surface area (Å²) in [5.41, 5.74) is 2.70. The minimum atomic E-state index is -0.210. The Labute approximate surface area is 151 Å². The summed E-state index contributed by atoms with van der Waals surface area (Å²) in [4.78, 5) is 21.2. The van der Waals surface area contributed by atoms with E-state index >= 15 is 0 Å². The Bertz CT molecular complexity index is 825. The second-order valence-corrected chi connectivity index (χ2v) is 6.70. The number of carbonyl (C=O) groups is 1. The summed E-state index contributed by atoms with van der Waals surface area (Å²) >= 11 is 1.46. The fraction of sp³-hybridized carbons (Fsp3) is 0.150. The lowest BCUT2D eigenvalue weighted by Crippen LogP contribution is -2.24. The number of carbonyl (C=O) groups excluding carboxylic acids is 1. The highest BCUT2D eigenvalue weighted by molar-refractivity contribution is 8.00. The minimum absolute atomic E-state index is 0.0152. The number of thioether (sulfide) groups is 1. The molecule has 0 aliphatic carbocycles. The molecule has 3 aromatic rings. The minimum Gasteiger partial charge on any atom is -0.325 e. The smallest absolute Gasteiger partial charge is 0.237 e. The number of amides is 1. The number of nitrogens with one attached hydrogen (secondary N) is 1. The van der Waals surface area contributed by atoms with Gasteiger partial charge in [-0.15, -0.1) is 0 Å². The summed E-state index contributed by atoms with van der Waals surface area (Å²) in [5.74, 6) is -0.0152. The van der Waals surface area contributed by atoms with E-state index in [0.29, 0.717) is 6.42 Å². The molecule has 25 heavy (non-hydrogen) atoms. The highest BCUT2D eigenvalue weighted by Gasteiger charge is 2.19. The monoisotopic (exact) mass is 349 g/mol. The zero-order valence-electron chi connectivity index (χ0n) is 13.9. The van der Waals surface area contributed by atoms with E-state index in [4.69, 9.17) is 0 Å². The van der Waals surface area contributed by atoms with Gasteiger partial charge in [-0.3, -0.25) is 4.79 Å². The van der Waals surface area contributed by atoms with Gasteiger partial charge in [0.05, 0.1) is 10.9 Å². The van der Waals surface area contributed by atoms with Gasteiger partial charge in [0.1, 0.15) is 11.4 Å². The number of nitrogens with zero attached hydrogens (tertiary/aromatic N) is 2. The number of aromatic nitrogens is 2. The van der Waals surface area contributed by atoms with Crippen LogP contribution in [-0.4, -0.2) is 21.1 Å². The number of para-hydroxylation sites is 1. The quantitative estimate of drug-likeness (QED) is 0.520. The van der Waals surface area contributed by atoms with Gasteiger partial charge in [0.25, 0.3) is 0 Å². The Morgan fingerprint density at radius 1 is 1.04 bits per heavy atom. The lowest BCUT2D eigenvalue weighted by molar-refractivity contribution is -0.115. The second-order valence-electron chi connectivity index (χ2n) is 5.48. The SMILES string of the molecule is CC[C@H](Sc1cc(-c2ccccc2)ncn1)C(=O)Nc1ccccc1. The van der Waals surface area contributed by atoms with Gasteiger partial charge in [0.15, 0.2) is 0 Å². The van der Waals surface area contributed by atoms with Crippen molar-refractivity contribution in [1.29, 1.82) is 0 Å². The van der Waals surface area contributed by atoms with Crippen molar-refractivity contribution in [3.63, 3.8) is 0 Å². The van der Waals surface area contributed by atoms with E-state index in [1.165, 1.54) is 11.8 Å².